The third kappa shape index (κ3) is 3.66. The summed E-state index contributed by atoms with van der Waals surface area (Å²) in [5.41, 5.74) is 1.30. The normalized spacial score (nSPS) is 52.8. The predicted molar refractivity (Wildman–Crippen MR) is 125 cm³/mol. The maximum atomic E-state index is 10.8. The largest absolute Gasteiger partial charge is 0.390 e. The molecule has 176 valence electrons. The van der Waals surface area contributed by atoms with Crippen molar-refractivity contribution in [3.63, 3.8) is 0 Å². The number of ether oxygens (including phenoxy) is 1. The summed E-state index contributed by atoms with van der Waals surface area (Å²) in [6, 6.07) is 0. The first kappa shape index (κ1) is 22.4. The topological polar surface area (TPSA) is 49.7 Å². The summed E-state index contributed by atoms with van der Waals surface area (Å²) in [6.07, 6.45) is 15.2. The molecule has 9 atom stereocenters. The van der Waals surface area contributed by atoms with E-state index in [9.17, 15) is 10.2 Å². The van der Waals surface area contributed by atoms with E-state index >= 15 is 0 Å². The minimum atomic E-state index is -0.563. The fourth-order valence-corrected chi connectivity index (χ4v) is 9.27. The summed E-state index contributed by atoms with van der Waals surface area (Å²) < 4.78 is 5.48. The SMILES string of the molecule is C[C@H](CCC1(O)CCOC1)[C@H]1CC[C@H]2[C@@H]3CC=C4C[C@@](C)(O)CC[C@]4(C)C3CC[C@]12C. The van der Waals surface area contributed by atoms with E-state index in [0.717, 1.165) is 68.8 Å². The summed E-state index contributed by atoms with van der Waals surface area (Å²) in [7, 11) is 0. The van der Waals surface area contributed by atoms with E-state index in [2.05, 4.69) is 26.8 Å². The molecule has 0 aromatic rings. The highest BCUT2D eigenvalue weighted by Gasteiger charge is 2.59. The van der Waals surface area contributed by atoms with Crippen molar-refractivity contribution in [3.05, 3.63) is 11.6 Å². The Kier molecular flexibility index (Phi) is 5.47. The van der Waals surface area contributed by atoms with Crippen molar-refractivity contribution >= 4 is 0 Å². The zero-order valence-corrected chi connectivity index (χ0v) is 20.5. The van der Waals surface area contributed by atoms with Crippen LogP contribution in [0.15, 0.2) is 11.6 Å². The van der Waals surface area contributed by atoms with E-state index in [1.807, 2.05) is 6.92 Å². The lowest BCUT2D eigenvalue weighted by Crippen LogP contribution is -2.52. The van der Waals surface area contributed by atoms with Gasteiger partial charge in [-0.25, -0.2) is 0 Å². The lowest BCUT2D eigenvalue weighted by Gasteiger charge is -2.59. The highest BCUT2D eigenvalue weighted by molar-refractivity contribution is 5.26. The fraction of sp³-hybridized carbons (Fsp3) is 0.929. The van der Waals surface area contributed by atoms with Crippen molar-refractivity contribution in [2.45, 2.75) is 110 Å². The summed E-state index contributed by atoms with van der Waals surface area (Å²) >= 11 is 0. The molecule has 1 aliphatic heterocycles. The first-order chi connectivity index (χ1) is 14.6. The first-order valence-electron chi connectivity index (χ1n) is 13.3. The second-order valence-corrected chi connectivity index (χ2v) is 13.2. The molecule has 3 heteroatoms. The van der Waals surface area contributed by atoms with Crippen LogP contribution in [0.3, 0.4) is 0 Å². The molecule has 4 aliphatic carbocycles. The molecule has 2 unspecified atom stereocenters. The third-order valence-electron chi connectivity index (χ3n) is 11.3. The Morgan fingerprint density at radius 1 is 1.03 bits per heavy atom. The van der Waals surface area contributed by atoms with Gasteiger partial charge in [0.05, 0.1) is 17.8 Å². The molecule has 0 aromatic heterocycles. The maximum absolute atomic E-state index is 10.8. The summed E-state index contributed by atoms with van der Waals surface area (Å²) in [4.78, 5) is 0. The Bertz CT molecular complexity index is 720. The Labute approximate surface area is 190 Å². The van der Waals surface area contributed by atoms with E-state index < -0.39 is 11.2 Å². The van der Waals surface area contributed by atoms with Gasteiger partial charge in [-0.15, -0.1) is 0 Å². The highest BCUT2D eigenvalue weighted by Crippen LogP contribution is 2.67. The highest BCUT2D eigenvalue weighted by atomic mass is 16.5. The molecule has 0 spiro atoms. The molecule has 2 N–H and O–H groups in total. The van der Waals surface area contributed by atoms with Crippen LogP contribution in [-0.2, 0) is 4.74 Å². The van der Waals surface area contributed by atoms with Gasteiger partial charge < -0.3 is 14.9 Å². The van der Waals surface area contributed by atoms with Gasteiger partial charge in [0.15, 0.2) is 0 Å². The van der Waals surface area contributed by atoms with Crippen LogP contribution in [0.2, 0.25) is 0 Å². The fourth-order valence-electron chi connectivity index (χ4n) is 9.27. The number of rotatable bonds is 4. The molecule has 3 saturated carbocycles. The van der Waals surface area contributed by atoms with Crippen molar-refractivity contribution in [2.24, 2.45) is 40.4 Å². The number of hydrogen-bond acceptors (Lipinski definition) is 3. The van der Waals surface area contributed by atoms with Crippen LogP contribution < -0.4 is 0 Å². The Balaban J connectivity index is 1.31. The monoisotopic (exact) mass is 430 g/mol. The molecule has 31 heavy (non-hydrogen) atoms. The van der Waals surface area contributed by atoms with E-state index in [4.69, 9.17) is 4.74 Å². The molecule has 1 heterocycles. The molecular formula is C28H46O3. The van der Waals surface area contributed by atoms with Crippen molar-refractivity contribution in [3.8, 4) is 0 Å². The molecule has 0 bridgehead atoms. The molecule has 5 rings (SSSR count). The molecule has 5 aliphatic rings. The lowest BCUT2D eigenvalue weighted by atomic mass is 9.46. The average molecular weight is 431 g/mol. The maximum Gasteiger partial charge on any atom is 0.0902 e. The predicted octanol–water partition coefficient (Wildman–Crippen LogP) is 5.88. The minimum Gasteiger partial charge on any atom is -0.390 e. The van der Waals surface area contributed by atoms with Gasteiger partial charge in [0, 0.05) is 13.0 Å². The van der Waals surface area contributed by atoms with Gasteiger partial charge in [-0.2, -0.15) is 0 Å². The molecule has 1 saturated heterocycles. The second-order valence-electron chi connectivity index (χ2n) is 13.2. The second kappa shape index (κ2) is 7.57. The summed E-state index contributed by atoms with van der Waals surface area (Å²) in [6.45, 7) is 10.9. The number of fused-ring (bicyclic) bond motifs is 5. The van der Waals surface area contributed by atoms with Gasteiger partial charge in [0.2, 0.25) is 0 Å². The third-order valence-corrected chi connectivity index (χ3v) is 11.3. The zero-order chi connectivity index (χ0) is 22.1. The van der Waals surface area contributed by atoms with Crippen molar-refractivity contribution < 1.29 is 14.9 Å². The van der Waals surface area contributed by atoms with E-state index in [-0.39, 0.29) is 0 Å². The molecular weight excluding hydrogens is 384 g/mol. The quantitative estimate of drug-likeness (QED) is 0.547. The number of allylic oxidation sites excluding steroid dienone is 1. The van der Waals surface area contributed by atoms with E-state index in [1.54, 1.807) is 5.57 Å². The Morgan fingerprint density at radius 2 is 1.84 bits per heavy atom. The van der Waals surface area contributed by atoms with Crippen LogP contribution in [0.25, 0.3) is 0 Å². The lowest BCUT2D eigenvalue weighted by molar-refractivity contribution is -0.0717. The van der Waals surface area contributed by atoms with Crippen molar-refractivity contribution in [2.75, 3.05) is 13.2 Å². The first-order valence-corrected chi connectivity index (χ1v) is 13.3. The summed E-state index contributed by atoms with van der Waals surface area (Å²) in [5, 5.41) is 21.5. The van der Waals surface area contributed by atoms with Gasteiger partial charge in [-0.3, -0.25) is 0 Å². The van der Waals surface area contributed by atoms with E-state index in [1.165, 1.54) is 32.1 Å². The Morgan fingerprint density at radius 3 is 2.58 bits per heavy atom. The van der Waals surface area contributed by atoms with Gasteiger partial charge in [-0.1, -0.05) is 32.4 Å². The Hall–Kier alpha value is -0.380. The average Bonchev–Trinajstić information content (AvgIpc) is 3.30. The molecule has 0 radical (unpaired) electrons. The molecule has 4 fully saturated rings. The summed E-state index contributed by atoms with van der Waals surface area (Å²) in [5.74, 6) is 3.99. The van der Waals surface area contributed by atoms with E-state index in [0.29, 0.717) is 23.4 Å². The van der Waals surface area contributed by atoms with Crippen molar-refractivity contribution in [1.82, 2.24) is 0 Å². The van der Waals surface area contributed by atoms with Crippen LogP contribution in [0.1, 0.15) is 98.3 Å². The van der Waals surface area contributed by atoms with Crippen LogP contribution in [0.5, 0.6) is 0 Å². The van der Waals surface area contributed by atoms with Gasteiger partial charge in [0.1, 0.15) is 0 Å². The van der Waals surface area contributed by atoms with Gasteiger partial charge in [0.25, 0.3) is 0 Å². The molecule has 3 nitrogen and oxygen atoms in total. The van der Waals surface area contributed by atoms with Crippen molar-refractivity contribution in [1.29, 1.82) is 0 Å². The molecule has 0 aromatic carbocycles. The van der Waals surface area contributed by atoms with Crippen LogP contribution in [0.4, 0.5) is 0 Å². The van der Waals surface area contributed by atoms with Gasteiger partial charge >= 0.3 is 0 Å². The zero-order valence-electron chi connectivity index (χ0n) is 20.5. The minimum absolute atomic E-state index is 0.321. The van der Waals surface area contributed by atoms with Gasteiger partial charge in [-0.05, 0) is 112 Å². The number of hydrogen-bond donors (Lipinski definition) is 2. The standard InChI is InChI=1S/C28H46O3/c1-19(9-12-28(30)15-16-31-18-28)22-7-8-23-21-6-5-20-17-25(2,29)13-14-26(20,3)24(21)10-11-27(22,23)4/h5,19,21-24,29-30H,6-18H2,1-4H3/t19-,21+,22-,23+,24?,25+,26+,27-,28?/m1/s1. The number of aliphatic hydroxyl groups is 2. The molecule has 0 amide bonds. The smallest absolute Gasteiger partial charge is 0.0902 e. The van der Waals surface area contributed by atoms with Crippen LogP contribution >= 0.6 is 0 Å². The van der Waals surface area contributed by atoms with Crippen LogP contribution in [-0.4, -0.2) is 34.6 Å². The van der Waals surface area contributed by atoms with Crippen LogP contribution in [0, 0.1) is 40.4 Å².